The molecule has 0 spiro atoms. The number of rotatable bonds is 5. The second-order valence-electron chi connectivity index (χ2n) is 6.33. The fourth-order valence-corrected chi connectivity index (χ4v) is 4.57. The van der Waals surface area contributed by atoms with Gasteiger partial charge >= 0.3 is 0 Å². The molecule has 0 aliphatic carbocycles. The minimum absolute atomic E-state index is 0.190. The Bertz CT molecular complexity index is 1020. The molecule has 2 N–H and O–H groups in total. The van der Waals surface area contributed by atoms with Gasteiger partial charge in [0.2, 0.25) is 0 Å². The van der Waals surface area contributed by atoms with Crippen LogP contribution in [0.3, 0.4) is 0 Å². The van der Waals surface area contributed by atoms with Gasteiger partial charge in [-0.3, -0.25) is 9.59 Å². The summed E-state index contributed by atoms with van der Waals surface area (Å²) >= 11 is 3.30. The number of anilines is 2. The van der Waals surface area contributed by atoms with Gasteiger partial charge in [0.15, 0.2) is 6.10 Å². The molecule has 2 aromatic carbocycles. The summed E-state index contributed by atoms with van der Waals surface area (Å²) < 4.78 is 5.55. The van der Waals surface area contributed by atoms with E-state index in [-0.39, 0.29) is 11.8 Å². The summed E-state index contributed by atoms with van der Waals surface area (Å²) in [4.78, 5) is 25.6. The molecule has 5 nitrogen and oxygen atoms in total. The Balaban J connectivity index is 1.50. The SMILES string of the molecule is C[C@H]1Oc2ccc(NC(=O)c3ccccc3SCc3ccsc3)cc2NC1=O. The van der Waals surface area contributed by atoms with E-state index in [0.29, 0.717) is 22.7 Å². The number of hydrogen-bond acceptors (Lipinski definition) is 5. The zero-order valence-electron chi connectivity index (χ0n) is 15.1. The van der Waals surface area contributed by atoms with Crippen molar-refractivity contribution in [3.8, 4) is 5.75 Å². The van der Waals surface area contributed by atoms with Crippen molar-refractivity contribution in [1.82, 2.24) is 0 Å². The first-order chi connectivity index (χ1) is 13.6. The van der Waals surface area contributed by atoms with Gasteiger partial charge in [0.05, 0.1) is 11.3 Å². The summed E-state index contributed by atoms with van der Waals surface area (Å²) in [7, 11) is 0. The molecule has 0 unspecified atom stereocenters. The molecule has 4 rings (SSSR count). The maximum atomic E-state index is 12.8. The van der Waals surface area contributed by atoms with Gasteiger partial charge in [0.25, 0.3) is 11.8 Å². The lowest BCUT2D eigenvalue weighted by atomic mass is 10.2. The van der Waals surface area contributed by atoms with Gasteiger partial charge in [0, 0.05) is 16.3 Å². The smallest absolute Gasteiger partial charge is 0.265 e. The first kappa shape index (κ1) is 18.6. The van der Waals surface area contributed by atoms with Crippen molar-refractivity contribution in [1.29, 1.82) is 0 Å². The maximum absolute atomic E-state index is 12.8. The van der Waals surface area contributed by atoms with Crippen LogP contribution < -0.4 is 15.4 Å². The molecular formula is C21H18N2O3S2. The van der Waals surface area contributed by atoms with Gasteiger partial charge < -0.3 is 15.4 Å². The highest BCUT2D eigenvalue weighted by Crippen LogP contribution is 2.33. The van der Waals surface area contributed by atoms with Crippen LogP contribution in [0.25, 0.3) is 0 Å². The highest BCUT2D eigenvalue weighted by atomic mass is 32.2. The van der Waals surface area contributed by atoms with Crippen molar-refractivity contribution in [2.75, 3.05) is 10.6 Å². The third-order valence-corrected chi connectivity index (χ3v) is 6.15. The summed E-state index contributed by atoms with van der Waals surface area (Å²) in [5.74, 6) is 1.02. The number of carbonyl (C=O) groups excluding carboxylic acids is 2. The van der Waals surface area contributed by atoms with Gasteiger partial charge in [0.1, 0.15) is 5.75 Å². The summed E-state index contributed by atoms with van der Waals surface area (Å²) in [6.07, 6.45) is -0.528. The maximum Gasteiger partial charge on any atom is 0.265 e. The quantitative estimate of drug-likeness (QED) is 0.580. The number of fused-ring (bicyclic) bond motifs is 1. The predicted molar refractivity (Wildman–Crippen MR) is 113 cm³/mol. The van der Waals surface area contributed by atoms with Crippen LogP contribution in [0.5, 0.6) is 5.75 Å². The number of ether oxygens (including phenoxy) is 1. The second kappa shape index (κ2) is 8.08. The van der Waals surface area contributed by atoms with Crippen LogP contribution in [0, 0.1) is 0 Å². The Hall–Kier alpha value is -2.77. The molecule has 2 amide bonds. The molecule has 3 aromatic rings. The number of benzene rings is 2. The van der Waals surface area contributed by atoms with E-state index in [1.807, 2.05) is 29.6 Å². The van der Waals surface area contributed by atoms with E-state index >= 15 is 0 Å². The highest BCUT2D eigenvalue weighted by molar-refractivity contribution is 7.98. The lowest BCUT2D eigenvalue weighted by Crippen LogP contribution is -2.34. The van der Waals surface area contributed by atoms with E-state index in [4.69, 9.17) is 4.74 Å². The summed E-state index contributed by atoms with van der Waals surface area (Å²) in [5.41, 5.74) is 3.01. The molecule has 1 atom stereocenters. The summed E-state index contributed by atoms with van der Waals surface area (Å²) in [6, 6.07) is 14.9. The van der Waals surface area contributed by atoms with Crippen LogP contribution in [0.4, 0.5) is 11.4 Å². The van der Waals surface area contributed by atoms with Gasteiger partial charge in [-0.2, -0.15) is 11.3 Å². The first-order valence-electron chi connectivity index (χ1n) is 8.76. The highest BCUT2D eigenvalue weighted by Gasteiger charge is 2.23. The fourth-order valence-electron chi connectivity index (χ4n) is 2.80. The van der Waals surface area contributed by atoms with Crippen molar-refractivity contribution in [2.24, 2.45) is 0 Å². The van der Waals surface area contributed by atoms with Crippen molar-refractivity contribution in [3.05, 3.63) is 70.4 Å². The Labute approximate surface area is 171 Å². The van der Waals surface area contributed by atoms with Crippen LogP contribution in [-0.4, -0.2) is 17.9 Å². The topological polar surface area (TPSA) is 67.4 Å². The number of nitrogens with one attached hydrogen (secondary N) is 2. The van der Waals surface area contributed by atoms with Crippen LogP contribution in [0.1, 0.15) is 22.8 Å². The summed E-state index contributed by atoms with van der Waals surface area (Å²) in [5, 5.41) is 9.86. The van der Waals surface area contributed by atoms with Crippen LogP contribution >= 0.6 is 23.1 Å². The average Bonchev–Trinajstić information content (AvgIpc) is 3.21. The minimum atomic E-state index is -0.528. The van der Waals surface area contributed by atoms with E-state index in [1.165, 1.54) is 5.56 Å². The van der Waals surface area contributed by atoms with E-state index in [9.17, 15) is 9.59 Å². The predicted octanol–water partition coefficient (Wildman–Crippen LogP) is 5.01. The Morgan fingerprint density at radius 2 is 2.11 bits per heavy atom. The Kier molecular flexibility index (Phi) is 5.36. The number of thioether (sulfide) groups is 1. The molecule has 0 radical (unpaired) electrons. The van der Waals surface area contributed by atoms with Gasteiger partial charge in [-0.15, -0.1) is 11.8 Å². The lowest BCUT2D eigenvalue weighted by Gasteiger charge is -2.23. The zero-order chi connectivity index (χ0) is 19.5. The molecule has 0 saturated carbocycles. The molecule has 2 heterocycles. The molecule has 0 saturated heterocycles. The number of carbonyl (C=O) groups is 2. The van der Waals surface area contributed by atoms with Crippen molar-refractivity contribution in [3.63, 3.8) is 0 Å². The van der Waals surface area contributed by atoms with Crippen LogP contribution in [0.15, 0.2) is 64.2 Å². The van der Waals surface area contributed by atoms with Crippen LogP contribution in [0.2, 0.25) is 0 Å². The number of hydrogen-bond donors (Lipinski definition) is 2. The van der Waals surface area contributed by atoms with E-state index in [1.54, 1.807) is 48.2 Å². The van der Waals surface area contributed by atoms with E-state index < -0.39 is 6.10 Å². The molecule has 1 aliphatic heterocycles. The molecule has 28 heavy (non-hydrogen) atoms. The molecule has 1 aliphatic rings. The third kappa shape index (κ3) is 4.05. The van der Waals surface area contributed by atoms with E-state index in [0.717, 1.165) is 10.6 Å². The van der Waals surface area contributed by atoms with Gasteiger partial charge in [-0.05, 0) is 59.6 Å². The van der Waals surface area contributed by atoms with Crippen molar-refractivity contribution in [2.45, 2.75) is 23.7 Å². The molecule has 7 heteroatoms. The van der Waals surface area contributed by atoms with Crippen molar-refractivity contribution >= 4 is 46.3 Å². The Morgan fingerprint density at radius 3 is 2.93 bits per heavy atom. The molecule has 0 fully saturated rings. The molecule has 142 valence electrons. The fraction of sp³-hybridized carbons (Fsp3) is 0.143. The number of amides is 2. The van der Waals surface area contributed by atoms with Gasteiger partial charge in [-0.25, -0.2) is 0 Å². The first-order valence-corrected chi connectivity index (χ1v) is 10.7. The Morgan fingerprint density at radius 1 is 1.25 bits per heavy atom. The largest absolute Gasteiger partial charge is 0.479 e. The number of thiophene rings is 1. The minimum Gasteiger partial charge on any atom is -0.479 e. The average molecular weight is 411 g/mol. The molecule has 0 bridgehead atoms. The monoisotopic (exact) mass is 410 g/mol. The molecular weight excluding hydrogens is 392 g/mol. The zero-order valence-corrected chi connectivity index (χ0v) is 16.7. The van der Waals surface area contributed by atoms with Gasteiger partial charge in [-0.1, -0.05) is 12.1 Å². The van der Waals surface area contributed by atoms with E-state index in [2.05, 4.69) is 22.1 Å². The standard InChI is InChI=1S/C21H18N2O3S2/c1-13-20(24)23-17-10-15(6-7-18(17)26-13)22-21(25)16-4-2-3-5-19(16)28-12-14-8-9-27-11-14/h2-11,13H,12H2,1H3,(H,22,25)(H,23,24)/t13-/m1/s1. The molecule has 1 aromatic heterocycles. The van der Waals surface area contributed by atoms with Crippen LogP contribution in [-0.2, 0) is 10.5 Å². The van der Waals surface area contributed by atoms with Crippen molar-refractivity contribution < 1.29 is 14.3 Å². The second-order valence-corrected chi connectivity index (χ2v) is 8.13. The summed E-state index contributed by atoms with van der Waals surface area (Å²) in [6.45, 7) is 1.69. The lowest BCUT2D eigenvalue weighted by molar-refractivity contribution is -0.122. The third-order valence-electron chi connectivity index (χ3n) is 4.27. The normalized spacial score (nSPS) is 15.3.